The van der Waals surface area contributed by atoms with E-state index in [9.17, 15) is 23.1 Å². The van der Waals surface area contributed by atoms with Crippen LogP contribution in [0.4, 0.5) is 4.79 Å². The Hall–Kier alpha value is -1.31. The summed E-state index contributed by atoms with van der Waals surface area (Å²) in [4.78, 5) is 27.0. The van der Waals surface area contributed by atoms with E-state index in [2.05, 4.69) is 0 Å². The number of piperidine rings is 1. The third-order valence-electron chi connectivity index (χ3n) is 4.35. The highest BCUT2D eigenvalue weighted by Crippen LogP contribution is 2.26. The van der Waals surface area contributed by atoms with Crippen LogP contribution in [0.25, 0.3) is 0 Å². The lowest BCUT2D eigenvalue weighted by Crippen LogP contribution is -2.60. The maximum absolute atomic E-state index is 12.6. The predicted octanol–water partition coefficient (Wildman–Crippen LogP) is 0.410. The highest BCUT2D eigenvalue weighted by molar-refractivity contribution is 7.91. The van der Waals surface area contributed by atoms with Crippen LogP contribution in [-0.2, 0) is 14.6 Å². The van der Waals surface area contributed by atoms with Crippen molar-refractivity contribution in [1.29, 1.82) is 0 Å². The maximum atomic E-state index is 12.6. The van der Waals surface area contributed by atoms with Gasteiger partial charge in [-0.05, 0) is 25.7 Å². The van der Waals surface area contributed by atoms with Crippen LogP contribution >= 0.6 is 0 Å². The average Bonchev–Trinajstić information content (AvgIpc) is 2.36. The molecule has 0 aromatic rings. The molecule has 0 saturated carbocycles. The lowest BCUT2D eigenvalue weighted by Gasteiger charge is -2.42. The Kier molecular flexibility index (Phi) is 4.46. The zero-order valence-corrected chi connectivity index (χ0v) is 13.2. The summed E-state index contributed by atoms with van der Waals surface area (Å²) in [7, 11) is -3.10. The van der Waals surface area contributed by atoms with Gasteiger partial charge in [0.25, 0.3) is 0 Å². The Balaban J connectivity index is 2.16. The molecule has 0 bridgehead atoms. The highest BCUT2D eigenvalue weighted by atomic mass is 32.2. The molecule has 2 aliphatic heterocycles. The fourth-order valence-electron chi connectivity index (χ4n) is 3.23. The molecule has 2 amide bonds. The van der Waals surface area contributed by atoms with Gasteiger partial charge < -0.3 is 14.9 Å². The molecule has 2 saturated heterocycles. The molecule has 0 aliphatic carbocycles. The molecule has 0 radical (unpaired) electrons. The van der Waals surface area contributed by atoms with Crippen molar-refractivity contribution in [3.8, 4) is 0 Å². The summed E-state index contributed by atoms with van der Waals surface area (Å²) in [5.41, 5.74) is 0. The summed E-state index contributed by atoms with van der Waals surface area (Å²) in [6, 6.07) is -1.59. The number of hydrogen-bond donors (Lipinski definition) is 1. The van der Waals surface area contributed by atoms with E-state index in [1.54, 1.807) is 6.92 Å². The van der Waals surface area contributed by atoms with Gasteiger partial charge in [0.05, 0.1) is 11.5 Å². The number of hydrogen-bond acceptors (Lipinski definition) is 4. The second kappa shape index (κ2) is 5.82. The zero-order chi connectivity index (χ0) is 15.8. The third kappa shape index (κ3) is 3.30. The van der Waals surface area contributed by atoms with E-state index in [0.717, 1.165) is 12.8 Å². The van der Waals surface area contributed by atoms with Crippen molar-refractivity contribution in [2.75, 3.05) is 24.6 Å². The Morgan fingerprint density at radius 2 is 1.81 bits per heavy atom. The van der Waals surface area contributed by atoms with Gasteiger partial charge in [-0.1, -0.05) is 6.92 Å². The van der Waals surface area contributed by atoms with E-state index in [1.807, 2.05) is 6.92 Å². The second-order valence-electron chi connectivity index (χ2n) is 6.04. The summed E-state index contributed by atoms with van der Waals surface area (Å²) in [5, 5.41) is 9.37. The van der Waals surface area contributed by atoms with Crippen LogP contribution < -0.4 is 0 Å². The van der Waals surface area contributed by atoms with Gasteiger partial charge >= 0.3 is 12.0 Å². The van der Waals surface area contributed by atoms with Gasteiger partial charge in [-0.25, -0.2) is 18.0 Å². The van der Waals surface area contributed by atoms with Gasteiger partial charge in [0.2, 0.25) is 0 Å². The molecule has 21 heavy (non-hydrogen) atoms. The van der Waals surface area contributed by atoms with E-state index in [0.29, 0.717) is 6.54 Å². The number of carbonyl (C=O) groups is 2. The molecular formula is C13H22N2O5S. The van der Waals surface area contributed by atoms with Gasteiger partial charge in [-0.15, -0.1) is 0 Å². The molecule has 2 rings (SSSR count). The monoisotopic (exact) mass is 318 g/mol. The number of amides is 2. The van der Waals surface area contributed by atoms with E-state index in [-0.39, 0.29) is 30.0 Å². The Morgan fingerprint density at radius 3 is 2.38 bits per heavy atom. The largest absolute Gasteiger partial charge is 0.480 e. The second-order valence-corrected chi connectivity index (χ2v) is 8.26. The number of sulfone groups is 1. The van der Waals surface area contributed by atoms with E-state index < -0.39 is 27.9 Å². The fraction of sp³-hybridized carbons (Fsp3) is 0.846. The molecule has 2 heterocycles. The molecule has 0 spiro atoms. The minimum absolute atomic E-state index is 0.0514. The minimum Gasteiger partial charge on any atom is -0.480 e. The van der Waals surface area contributed by atoms with Crippen molar-refractivity contribution in [2.24, 2.45) is 5.92 Å². The van der Waals surface area contributed by atoms with Gasteiger partial charge in [0, 0.05) is 19.1 Å². The smallest absolute Gasteiger partial charge is 0.326 e. The van der Waals surface area contributed by atoms with Crippen LogP contribution in [0.5, 0.6) is 0 Å². The normalized spacial score (nSPS) is 32.8. The topological polar surface area (TPSA) is 95.0 Å². The lowest BCUT2D eigenvalue weighted by molar-refractivity contribution is -0.145. The van der Waals surface area contributed by atoms with E-state index in [4.69, 9.17) is 0 Å². The predicted molar refractivity (Wildman–Crippen MR) is 76.7 cm³/mol. The molecule has 3 atom stereocenters. The zero-order valence-electron chi connectivity index (χ0n) is 12.4. The molecule has 0 aromatic heterocycles. The number of urea groups is 1. The van der Waals surface area contributed by atoms with Crippen LogP contribution in [-0.4, -0.2) is 72.0 Å². The van der Waals surface area contributed by atoms with Gasteiger partial charge in [0.1, 0.15) is 6.04 Å². The van der Waals surface area contributed by atoms with Crippen molar-refractivity contribution >= 4 is 21.8 Å². The molecule has 2 fully saturated rings. The van der Waals surface area contributed by atoms with Gasteiger partial charge in [-0.2, -0.15) is 0 Å². The van der Waals surface area contributed by atoms with Crippen molar-refractivity contribution < 1.29 is 23.1 Å². The summed E-state index contributed by atoms with van der Waals surface area (Å²) in [5.74, 6) is -1.19. The molecule has 7 nitrogen and oxygen atoms in total. The van der Waals surface area contributed by atoms with Crippen LogP contribution in [0.3, 0.4) is 0 Å². The van der Waals surface area contributed by atoms with Crippen molar-refractivity contribution in [3.63, 3.8) is 0 Å². The minimum atomic E-state index is -3.10. The number of likely N-dealkylation sites (tertiary alicyclic amines) is 1. The van der Waals surface area contributed by atoms with Crippen LogP contribution in [0.15, 0.2) is 0 Å². The molecule has 120 valence electrons. The molecular weight excluding hydrogens is 296 g/mol. The first-order chi connectivity index (χ1) is 9.73. The van der Waals surface area contributed by atoms with Crippen LogP contribution in [0, 0.1) is 5.92 Å². The number of nitrogens with zero attached hydrogens (tertiary/aromatic N) is 2. The molecule has 0 aromatic carbocycles. The molecule has 3 unspecified atom stereocenters. The first-order valence-electron chi connectivity index (χ1n) is 7.23. The average molecular weight is 318 g/mol. The van der Waals surface area contributed by atoms with E-state index >= 15 is 0 Å². The quantitative estimate of drug-likeness (QED) is 0.755. The summed E-state index contributed by atoms with van der Waals surface area (Å²) < 4.78 is 23.2. The van der Waals surface area contributed by atoms with Crippen LogP contribution in [0.2, 0.25) is 0 Å². The molecule has 8 heteroatoms. The standard InChI is InChI=1S/C13H22N2O5S/c1-9-4-3-5-15(11(9)12(16)17)13(18)14-6-7-21(19,20)8-10(14)2/h9-11H,3-8H2,1-2H3,(H,16,17). The number of rotatable bonds is 1. The van der Waals surface area contributed by atoms with Crippen molar-refractivity contribution in [2.45, 2.75) is 38.8 Å². The first-order valence-corrected chi connectivity index (χ1v) is 9.05. The Morgan fingerprint density at radius 1 is 1.14 bits per heavy atom. The molecule has 1 N–H and O–H groups in total. The van der Waals surface area contributed by atoms with Gasteiger partial charge in [-0.3, -0.25) is 0 Å². The molecule has 2 aliphatic rings. The SMILES string of the molecule is CC1CCCN(C(=O)N2CCS(=O)(=O)CC2C)C1C(=O)O. The summed E-state index contributed by atoms with van der Waals surface area (Å²) in [6.07, 6.45) is 1.56. The highest BCUT2D eigenvalue weighted by Gasteiger charge is 2.41. The number of carboxylic acid groups (broad SMARTS) is 1. The van der Waals surface area contributed by atoms with Gasteiger partial charge in [0.15, 0.2) is 9.84 Å². The fourth-order valence-corrected chi connectivity index (χ4v) is 4.78. The first kappa shape index (κ1) is 16.1. The van der Waals surface area contributed by atoms with Crippen molar-refractivity contribution in [1.82, 2.24) is 9.80 Å². The maximum Gasteiger partial charge on any atom is 0.326 e. The summed E-state index contributed by atoms with van der Waals surface area (Å²) in [6.45, 7) is 4.08. The Labute approximate surface area is 124 Å². The lowest BCUT2D eigenvalue weighted by atomic mass is 9.91. The van der Waals surface area contributed by atoms with E-state index in [1.165, 1.54) is 9.80 Å². The summed E-state index contributed by atoms with van der Waals surface area (Å²) >= 11 is 0. The third-order valence-corrected chi connectivity index (χ3v) is 6.14. The Bertz CT molecular complexity index is 533. The number of aliphatic carboxylic acids is 1. The number of carboxylic acids is 1. The van der Waals surface area contributed by atoms with Crippen molar-refractivity contribution in [3.05, 3.63) is 0 Å². The van der Waals surface area contributed by atoms with Crippen LogP contribution in [0.1, 0.15) is 26.7 Å². The number of carbonyl (C=O) groups excluding carboxylic acids is 1.